The first-order chi connectivity index (χ1) is 21.2. The monoisotopic (exact) mass is 616 g/mol. The van der Waals surface area contributed by atoms with Gasteiger partial charge in [0.1, 0.15) is 29.5 Å². The number of aliphatic hydroxyl groups excluding tert-OH is 2. The van der Waals surface area contributed by atoms with Crippen molar-refractivity contribution in [1.29, 1.82) is 0 Å². The molecule has 0 saturated heterocycles. The van der Waals surface area contributed by atoms with Crippen LogP contribution in [0.2, 0.25) is 0 Å². The minimum atomic E-state index is -2.78. The number of benzene rings is 2. The summed E-state index contributed by atoms with van der Waals surface area (Å²) >= 11 is 0. The quantitative estimate of drug-likeness (QED) is 0.237. The van der Waals surface area contributed by atoms with Gasteiger partial charge in [0.15, 0.2) is 11.4 Å². The van der Waals surface area contributed by atoms with Crippen molar-refractivity contribution in [3.8, 4) is 5.75 Å². The summed E-state index contributed by atoms with van der Waals surface area (Å²) in [4.78, 5) is 71.0. The molecule has 1 fully saturated rings. The van der Waals surface area contributed by atoms with Crippen LogP contribution in [0.1, 0.15) is 38.3 Å². The number of fused-ring (bicyclic) bond motifs is 4. The van der Waals surface area contributed by atoms with Crippen molar-refractivity contribution in [1.82, 2.24) is 15.1 Å². The number of hydrogen-bond acceptors (Lipinski definition) is 11. The number of nitrogens with zero attached hydrogens (tertiary/aromatic N) is 3. The molecule has 13 nitrogen and oxygen atoms in total. The molecule has 0 unspecified atom stereocenters. The highest BCUT2D eigenvalue weighted by Crippen LogP contribution is 2.53. The maximum absolute atomic E-state index is 14.2. The summed E-state index contributed by atoms with van der Waals surface area (Å²) in [6, 6.07) is 7.92. The van der Waals surface area contributed by atoms with E-state index in [-0.39, 0.29) is 40.9 Å². The van der Waals surface area contributed by atoms with Gasteiger partial charge in [-0.25, -0.2) is 0 Å². The SMILES string of the molecule is CN(C)c1ccc(O)c2c1C[C@H]1C[C@H]3[C@@H](N(C)C)C(=O)C(C(=O)NCN4C(=O)c5ccccc5C4=O)=C(O)[C@@]3(O)C(=O)C1=C2O. The number of nitrogens with one attached hydrogen (secondary N) is 1. The average molecular weight is 617 g/mol. The molecule has 45 heavy (non-hydrogen) atoms. The van der Waals surface area contributed by atoms with E-state index >= 15 is 0 Å². The number of carbonyl (C=O) groups excluding carboxylic acids is 5. The molecule has 234 valence electrons. The van der Waals surface area contributed by atoms with Crippen LogP contribution in [0, 0.1) is 11.8 Å². The summed E-state index contributed by atoms with van der Waals surface area (Å²) in [6.45, 7) is -0.643. The topological polar surface area (TPSA) is 188 Å². The molecule has 2 aromatic carbocycles. The molecule has 13 heteroatoms. The summed E-state index contributed by atoms with van der Waals surface area (Å²) in [6.07, 6.45) is 0.174. The first kappa shape index (κ1) is 30.0. The van der Waals surface area contributed by atoms with Gasteiger partial charge in [0.05, 0.1) is 22.7 Å². The van der Waals surface area contributed by atoms with Crippen LogP contribution in [0.25, 0.3) is 5.76 Å². The van der Waals surface area contributed by atoms with Gasteiger partial charge in [-0.15, -0.1) is 0 Å². The van der Waals surface area contributed by atoms with E-state index < -0.39 is 76.5 Å². The molecule has 4 aliphatic rings. The Morgan fingerprint density at radius 3 is 2.18 bits per heavy atom. The lowest BCUT2D eigenvalue weighted by molar-refractivity contribution is -0.153. The van der Waals surface area contributed by atoms with Gasteiger partial charge in [-0.2, -0.15) is 0 Å². The normalized spacial score (nSPS) is 25.7. The van der Waals surface area contributed by atoms with Crippen molar-refractivity contribution in [2.45, 2.75) is 24.5 Å². The second-order valence-corrected chi connectivity index (χ2v) is 12.2. The van der Waals surface area contributed by atoms with Gasteiger partial charge in [0.25, 0.3) is 17.7 Å². The number of phenolic OH excluding ortho intramolecular Hbond substituents is 1. The molecular formula is C32H32N4O9. The Morgan fingerprint density at radius 2 is 1.60 bits per heavy atom. The van der Waals surface area contributed by atoms with Gasteiger partial charge in [0, 0.05) is 31.3 Å². The Hall–Kier alpha value is -5.01. The number of phenols is 1. The molecule has 1 heterocycles. The van der Waals surface area contributed by atoms with Gasteiger partial charge in [-0.1, -0.05) is 12.1 Å². The number of amides is 3. The predicted molar refractivity (Wildman–Crippen MR) is 159 cm³/mol. The number of imide groups is 1. The Bertz CT molecular complexity index is 1760. The summed E-state index contributed by atoms with van der Waals surface area (Å²) in [5, 5.41) is 47.8. The summed E-state index contributed by atoms with van der Waals surface area (Å²) in [7, 11) is 6.65. The minimum absolute atomic E-state index is 0.0216. The molecule has 6 rings (SSSR count). The number of aliphatic hydroxyl groups is 3. The van der Waals surface area contributed by atoms with E-state index in [4.69, 9.17) is 0 Å². The molecule has 5 N–H and O–H groups in total. The second-order valence-electron chi connectivity index (χ2n) is 12.2. The second kappa shape index (κ2) is 10.3. The van der Waals surface area contributed by atoms with Crippen molar-refractivity contribution in [3.63, 3.8) is 0 Å². The number of Topliss-reactive ketones (excluding diaryl/α,β-unsaturated/α-hetero) is 2. The van der Waals surface area contributed by atoms with Gasteiger partial charge in [-0.05, 0) is 62.7 Å². The summed E-state index contributed by atoms with van der Waals surface area (Å²) in [5.74, 6) is -8.39. The van der Waals surface area contributed by atoms with Crippen LogP contribution in [-0.2, 0) is 20.8 Å². The Kier molecular flexibility index (Phi) is 6.86. The summed E-state index contributed by atoms with van der Waals surface area (Å²) < 4.78 is 0. The third kappa shape index (κ3) is 4.11. The largest absolute Gasteiger partial charge is 0.508 e. The lowest BCUT2D eigenvalue weighted by Crippen LogP contribution is -2.66. The number of rotatable bonds is 5. The molecule has 2 aromatic rings. The maximum atomic E-state index is 14.2. The van der Waals surface area contributed by atoms with Crippen LogP contribution in [0.15, 0.2) is 53.3 Å². The first-order valence-electron chi connectivity index (χ1n) is 14.3. The van der Waals surface area contributed by atoms with E-state index in [0.29, 0.717) is 11.3 Å². The third-order valence-corrected chi connectivity index (χ3v) is 9.32. The zero-order chi connectivity index (χ0) is 32.7. The highest BCUT2D eigenvalue weighted by atomic mass is 16.3. The molecule has 0 bridgehead atoms. The fraction of sp³-hybridized carbons (Fsp3) is 0.344. The van der Waals surface area contributed by atoms with Crippen molar-refractivity contribution < 1.29 is 44.4 Å². The number of likely N-dealkylation sites (N-methyl/N-ethyl adjacent to an activating group) is 1. The van der Waals surface area contributed by atoms with Crippen molar-refractivity contribution in [2.75, 3.05) is 39.8 Å². The number of hydrogen-bond donors (Lipinski definition) is 5. The van der Waals surface area contributed by atoms with Crippen LogP contribution in [0.3, 0.4) is 0 Å². The molecular weight excluding hydrogens is 584 g/mol. The van der Waals surface area contributed by atoms with Gasteiger partial charge < -0.3 is 30.6 Å². The van der Waals surface area contributed by atoms with Crippen molar-refractivity contribution in [2.24, 2.45) is 11.8 Å². The Morgan fingerprint density at radius 1 is 0.978 bits per heavy atom. The molecule has 3 amide bonds. The van der Waals surface area contributed by atoms with E-state index in [0.717, 1.165) is 4.90 Å². The Labute approximate surface area is 257 Å². The minimum Gasteiger partial charge on any atom is -0.508 e. The number of anilines is 1. The first-order valence-corrected chi connectivity index (χ1v) is 14.3. The molecule has 1 saturated carbocycles. The smallest absolute Gasteiger partial charge is 0.263 e. The average Bonchev–Trinajstić information content (AvgIpc) is 3.22. The molecule has 0 radical (unpaired) electrons. The fourth-order valence-electron chi connectivity index (χ4n) is 7.25. The van der Waals surface area contributed by atoms with Gasteiger partial charge in [-0.3, -0.25) is 33.8 Å². The number of aromatic hydroxyl groups is 1. The maximum Gasteiger partial charge on any atom is 0.263 e. The zero-order valence-corrected chi connectivity index (χ0v) is 25.0. The zero-order valence-electron chi connectivity index (χ0n) is 25.0. The molecule has 1 aliphatic heterocycles. The lowest BCUT2D eigenvalue weighted by atomic mass is 9.57. The van der Waals surface area contributed by atoms with Crippen LogP contribution >= 0.6 is 0 Å². The van der Waals surface area contributed by atoms with E-state index in [1.54, 1.807) is 37.2 Å². The molecule has 0 aromatic heterocycles. The summed E-state index contributed by atoms with van der Waals surface area (Å²) in [5.41, 5.74) is -2.30. The van der Waals surface area contributed by atoms with Crippen molar-refractivity contribution in [3.05, 3.63) is 75.6 Å². The highest BCUT2D eigenvalue weighted by Gasteiger charge is 2.64. The van der Waals surface area contributed by atoms with Crippen LogP contribution in [0.5, 0.6) is 5.75 Å². The molecule has 0 spiro atoms. The van der Waals surface area contributed by atoms with E-state index in [9.17, 15) is 44.4 Å². The number of ketones is 2. The standard InChI is InChI=1S/C32H32N4O9/c1-34(2)19-9-10-20(37)22-17(19)11-14-12-18-24(35(3)4)26(39)23(28(41)32(18,45)27(40)21(14)25(22)38)29(42)33-13-36-30(43)15-7-5-6-8-16(15)31(36)44/h5-10,14,18,24,37-38,41,45H,11-13H2,1-4H3,(H,33,42)/t14-,18-,24+,32-/m0/s1. The molecule has 3 aliphatic carbocycles. The van der Waals surface area contributed by atoms with E-state index in [2.05, 4.69) is 5.32 Å². The predicted octanol–water partition coefficient (Wildman–Crippen LogP) is 0.915. The number of carbonyl (C=O) groups is 5. The van der Waals surface area contributed by atoms with Crippen molar-refractivity contribution >= 4 is 40.7 Å². The van der Waals surface area contributed by atoms with Gasteiger partial charge in [0.2, 0.25) is 5.78 Å². The Balaban J connectivity index is 1.40. The van der Waals surface area contributed by atoms with Gasteiger partial charge >= 0.3 is 0 Å². The van der Waals surface area contributed by atoms with E-state index in [1.165, 1.54) is 37.2 Å². The van der Waals surface area contributed by atoms with Crippen LogP contribution in [0.4, 0.5) is 5.69 Å². The third-order valence-electron chi connectivity index (χ3n) is 9.32. The van der Waals surface area contributed by atoms with E-state index in [1.807, 2.05) is 0 Å². The van der Waals surface area contributed by atoms with Crippen LogP contribution in [-0.4, -0.2) is 106 Å². The highest BCUT2D eigenvalue weighted by molar-refractivity contribution is 6.25. The molecule has 4 atom stereocenters. The van der Waals surface area contributed by atoms with Crippen LogP contribution < -0.4 is 10.2 Å². The fourth-order valence-corrected chi connectivity index (χ4v) is 7.25. The lowest BCUT2D eigenvalue weighted by Gasteiger charge is -2.50.